The van der Waals surface area contributed by atoms with Crippen LogP contribution in [0.25, 0.3) is 0 Å². The molecule has 1 aliphatic rings. The maximum Gasteiger partial charge on any atom is 0.276 e. The average molecular weight is 428 g/mol. The summed E-state index contributed by atoms with van der Waals surface area (Å²) in [7, 11) is 0. The highest BCUT2D eigenvalue weighted by Crippen LogP contribution is 2.24. The van der Waals surface area contributed by atoms with Crippen molar-refractivity contribution in [2.45, 2.75) is 26.2 Å². The molecule has 3 N–H and O–H groups in total. The molecule has 2 aromatic carbocycles. The smallest absolute Gasteiger partial charge is 0.276 e. The number of nitrogens with zero attached hydrogens (tertiary/aromatic N) is 2. The summed E-state index contributed by atoms with van der Waals surface area (Å²) in [5.74, 6) is -1.66. The Bertz CT molecular complexity index is 986. The number of carbonyl (C=O) groups excluding carboxylic acids is 2. The lowest BCUT2D eigenvalue weighted by atomic mass is 9.96. The van der Waals surface area contributed by atoms with Crippen molar-refractivity contribution >= 4 is 23.2 Å². The minimum absolute atomic E-state index is 0.0254. The number of amides is 2. The molecule has 0 unspecified atom stereocenters. The molecule has 0 atom stereocenters. The van der Waals surface area contributed by atoms with Gasteiger partial charge < -0.3 is 16.0 Å². The number of anilines is 1. The number of likely N-dealkylation sites (tertiary alicyclic amines) is 1. The lowest BCUT2D eigenvalue weighted by Gasteiger charge is -2.30. The number of benzene rings is 2. The molecule has 1 heterocycles. The normalized spacial score (nSPS) is 14.9. The summed E-state index contributed by atoms with van der Waals surface area (Å²) in [5.41, 5.74) is 6.32. The number of nitro groups is 1. The quantitative estimate of drug-likeness (QED) is 0.519. The first-order valence-electron chi connectivity index (χ1n) is 10.1. The van der Waals surface area contributed by atoms with Crippen molar-refractivity contribution < 1.29 is 18.9 Å². The second-order valence-electron chi connectivity index (χ2n) is 7.78. The minimum atomic E-state index is -0.797. The van der Waals surface area contributed by atoms with Gasteiger partial charge in [-0.2, -0.15) is 0 Å². The molecule has 31 heavy (non-hydrogen) atoms. The number of primary amides is 1. The molecule has 2 amide bonds. The van der Waals surface area contributed by atoms with Gasteiger partial charge >= 0.3 is 0 Å². The van der Waals surface area contributed by atoms with Gasteiger partial charge in [-0.15, -0.1) is 0 Å². The number of nitrogens with two attached hydrogens (primary N) is 1. The van der Waals surface area contributed by atoms with Crippen LogP contribution in [0.4, 0.5) is 15.8 Å². The monoisotopic (exact) mass is 428 g/mol. The van der Waals surface area contributed by atoms with E-state index in [9.17, 15) is 24.1 Å². The van der Waals surface area contributed by atoms with Crippen LogP contribution < -0.4 is 11.1 Å². The number of nitro benzene ring substituents is 1. The van der Waals surface area contributed by atoms with E-state index in [-0.39, 0.29) is 23.0 Å². The van der Waals surface area contributed by atoms with Crippen LogP contribution in [0.15, 0.2) is 36.4 Å². The largest absolute Gasteiger partial charge is 0.369 e. The van der Waals surface area contributed by atoms with E-state index < -0.39 is 22.3 Å². The molecule has 0 bridgehead atoms. The predicted molar refractivity (Wildman–Crippen MR) is 114 cm³/mol. The number of hydrogen-bond donors (Lipinski definition) is 2. The molecular weight excluding hydrogens is 403 g/mol. The van der Waals surface area contributed by atoms with E-state index in [1.165, 1.54) is 6.92 Å². The zero-order chi connectivity index (χ0) is 22.5. The van der Waals surface area contributed by atoms with Crippen molar-refractivity contribution in [1.82, 2.24) is 4.90 Å². The van der Waals surface area contributed by atoms with Gasteiger partial charge in [-0.1, -0.05) is 12.1 Å². The molecule has 0 aromatic heterocycles. The zero-order valence-electron chi connectivity index (χ0n) is 17.3. The highest BCUT2D eigenvalue weighted by Gasteiger charge is 2.23. The van der Waals surface area contributed by atoms with Crippen LogP contribution in [0.1, 0.15) is 34.3 Å². The lowest BCUT2D eigenvalue weighted by molar-refractivity contribution is -0.385. The van der Waals surface area contributed by atoms with E-state index in [0.29, 0.717) is 5.69 Å². The van der Waals surface area contributed by atoms with E-state index in [0.717, 1.165) is 56.6 Å². The van der Waals surface area contributed by atoms with Crippen LogP contribution in [-0.2, 0) is 11.2 Å². The molecule has 0 spiro atoms. The molecule has 0 saturated carbocycles. The molecule has 9 heteroatoms. The first-order valence-corrected chi connectivity index (χ1v) is 10.1. The summed E-state index contributed by atoms with van der Waals surface area (Å²) in [6, 6.07) is 9.34. The van der Waals surface area contributed by atoms with E-state index >= 15 is 0 Å². The fraction of sp³-hybridized carbons (Fsp3) is 0.364. The third-order valence-electron chi connectivity index (χ3n) is 5.69. The highest BCUT2D eigenvalue weighted by atomic mass is 19.1. The Morgan fingerprint density at radius 2 is 1.87 bits per heavy atom. The zero-order valence-corrected chi connectivity index (χ0v) is 17.3. The van der Waals surface area contributed by atoms with Gasteiger partial charge in [-0.05, 0) is 63.0 Å². The molecule has 1 saturated heterocycles. The number of piperidine rings is 1. The number of nitrogens with one attached hydrogen (secondary N) is 1. The molecule has 8 nitrogen and oxygen atoms in total. The topological polar surface area (TPSA) is 119 Å². The van der Waals surface area contributed by atoms with Gasteiger partial charge in [0.15, 0.2) is 0 Å². The molecule has 1 fully saturated rings. The first kappa shape index (κ1) is 22.4. The minimum Gasteiger partial charge on any atom is -0.369 e. The summed E-state index contributed by atoms with van der Waals surface area (Å²) in [5, 5.41) is 13.7. The van der Waals surface area contributed by atoms with Crippen molar-refractivity contribution in [3.05, 3.63) is 69.0 Å². The van der Waals surface area contributed by atoms with Crippen LogP contribution in [0.2, 0.25) is 0 Å². The number of halogens is 1. The number of hydrogen-bond acceptors (Lipinski definition) is 5. The highest BCUT2D eigenvalue weighted by molar-refractivity contribution is 6.04. The Labute approximate surface area is 179 Å². The Kier molecular flexibility index (Phi) is 6.96. The van der Waals surface area contributed by atoms with Crippen LogP contribution in [-0.4, -0.2) is 41.3 Å². The van der Waals surface area contributed by atoms with Gasteiger partial charge in [0.1, 0.15) is 5.82 Å². The van der Waals surface area contributed by atoms with E-state index in [2.05, 4.69) is 10.2 Å². The Hall–Kier alpha value is -3.33. The van der Waals surface area contributed by atoms with Crippen molar-refractivity contribution in [3.8, 4) is 0 Å². The molecule has 164 valence electrons. The second kappa shape index (κ2) is 9.65. The van der Waals surface area contributed by atoms with Crippen molar-refractivity contribution in [1.29, 1.82) is 0 Å². The summed E-state index contributed by atoms with van der Waals surface area (Å²) in [6.45, 7) is 3.86. The van der Waals surface area contributed by atoms with Gasteiger partial charge in [0.2, 0.25) is 5.91 Å². The molecule has 2 aromatic rings. The van der Waals surface area contributed by atoms with Crippen molar-refractivity contribution in [2.75, 3.05) is 25.0 Å². The Balaban J connectivity index is 1.55. The third-order valence-corrected chi connectivity index (χ3v) is 5.69. The number of carbonyl (C=O) groups is 2. The van der Waals surface area contributed by atoms with Gasteiger partial charge in [0, 0.05) is 29.8 Å². The molecule has 0 radical (unpaired) electrons. The maximum absolute atomic E-state index is 13.9. The summed E-state index contributed by atoms with van der Waals surface area (Å²) < 4.78 is 13.9. The van der Waals surface area contributed by atoms with E-state index in [1.54, 1.807) is 12.1 Å². The maximum atomic E-state index is 13.9. The molecule has 3 rings (SSSR count). The fourth-order valence-corrected chi connectivity index (χ4v) is 3.67. The molecule has 1 aliphatic heterocycles. The van der Waals surface area contributed by atoms with E-state index in [4.69, 9.17) is 5.73 Å². The lowest BCUT2D eigenvalue weighted by Crippen LogP contribution is -2.39. The predicted octanol–water partition coefficient (Wildman–Crippen LogP) is 3.03. The third kappa shape index (κ3) is 5.64. The van der Waals surface area contributed by atoms with Crippen molar-refractivity contribution in [3.63, 3.8) is 0 Å². The average Bonchev–Trinajstić information content (AvgIpc) is 2.75. The van der Waals surface area contributed by atoms with Crippen LogP contribution >= 0.6 is 0 Å². The van der Waals surface area contributed by atoms with Gasteiger partial charge in [0.05, 0.1) is 10.5 Å². The van der Waals surface area contributed by atoms with Crippen LogP contribution in [0.3, 0.4) is 0 Å². The first-order chi connectivity index (χ1) is 14.7. The molecule has 0 aliphatic carbocycles. The summed E-state index contributed by atoms with van der Waals surface area (Å²) in [6.07, 6.45) is 2.40. The number of rotatable bonds is 7. The fourth-order valence-electron chi connectivity index (χ4n) is 3.67. The summed E-state index contributed by atoms with van der Waals surface area (Å²) in [4.78, 5) is 36.3. The van der Waals surface area contributed by atoms with Crippen LogP contribution in [0.5, 0.6) is 0 Å². The van der Waals surface area contributed by atoms with Gasteiger partial charge in [-0.25, -0.2) is 4.39 Å². The molecular formula is C22H25FN4O4. The van der Waals surface area contributed by atoms with Gasteiger partial charge in [-0.3, -0.25) is 19.7 Å². The second-order valence-corrected chi connectivity index (χ2v) is 7.78. The van der Waals surface area contributed by atoms with E-state index in [1.807, 2.05) is 12.1 Å². The Morgan fingerprint density at radius 3 is 2.45 bits per heavy atom. The van der Waals surface area contributed by atoms with Crippen molar-refractivity contribution in [2.24, 2.45) is 11.7 Å². The van der Waals surface area contributed by atoms with Gasteiger partial charge in [0.25, 0.3) is 11.6 Å². The van der Waals surface area contributed by atoms with Crippen LogP contribution in [0, 0.1) is 28.8 Å². The summed E-state index contributed by atoms with van der Waals surface area (Å²) >= 11 is 0. The standard InChI is InChI=1S/C22H25FN4O4/c1-14-19(23)12-17(13-20(14)27(30)31)22(29)25-18-4-2-15(3-5-18)6-9-26-10-7-16(8-11-26)21(24)28/h2-5,12-13,16H,6-11H2,1H3,(H2,24,28)(H,25,29). The SMILES string of the molecule is Cc1c(F)cc(C(=O)Nc2ccc(CCN3CCC(C(N)=O)CC3)cc2)cc1[N+](=O)[O-]. The Morgan fingerprint density at radius 1 is 1.23 bits per heavy atom.